The number of amides is 1. The van der Waals surface area contributed by atoms with Gasteiger partial charge in [0.25, 0.3) is 11.7 Å². The van der Waals surface area contributed by atoms with Gasteiger partial charge in [0.05, 0.1) is 17.7 Å². The van der Waals surface area contributed by atoms with Gasteiger partial charge in [-0.1, -0.05) is 23.7 Å². The van der Waals surface area contributed by atoms with Crippen LogP contribution in [0.2, 0.25) is 5.02 Å². The van der Waals surface area contributed by atoms with Crippen molar-refractivity contribution in [3.05, 3.63) is 70.3 Å². The fourth-order valence-electron chi connectivity index (χ4n) is 4.64. The Morgan fingerprint density at radius 3 is 2.33 bits per heavy atom. The molecule has 0 aliphatic carbocycles. The van der Waals surface area contributed by atoms with E-state index >= 15 is 0 Å². The Morgan fingerprint density at radius 2 is 1.76 bits per heavy atom. The minimum atomic E-state index is -0.685. The number of rotatable bonds is 7. The molecule has 6 nitrogen and oxygen atoms in total. The lowest BCUT2D eigenvalue weighted by Gasteiger charge is -2.28. The molecule has 2 atom stereocenters. The molecule has 2 saturated heterocycles. The van der Waals surface area contributed by atoms with Crippen LogP contribution in [0.5, 0.6) is 0 Å². The minimum absolute atomic E-state index is 0.0934. The van der Waals surface area contributed by atoms with Crippen molar-refractivity contribution in [2.24, 2.45) is 0 Å². The SMILES string of the molecule is CCN(CC)c1ccc(C2/C(=C(/O)c3ccc(Cl)cc3)C(=O)C(=O)N2CC2CCCO2)cc1. The largest absolute Gasteiger partial charge is 0.507 e. The van der Waals surface area contributed by atoms with Crippen molar-refractivity contribution >= 4 is 34.7 Å². The van der Waals surface area contributed by atoms with Crippen LogP contribution in [0.25, 0.3) is 5.76 Å². The zero-order chi connectivity index (χ0) is 23.5. The number of carbonyl (C=O) groups is 2. The van der Waals surface area contributed by atoms with Crippen LogP contribution in [0.4, 0.5) is 5.69 Å². The summed E-state index contributed by atoms with van der Waals surface area (Å²) in [5, 5.41) is 11.6. The topological polar surface area (TPSA) is 70.1 Å². The summed E-state index contributed by atoms with van der Waals surface area (Å²) in [4.78, 5) is 30.0. The molecule has 0 aromatic heterocycles. The number of carbonyl (C=O) groups excluding carboxylic acids is 2. The third kappa shape index (κ3) is 4.63. The number of hydrogen-bond donors (Lipinski definition) is 1. The number of hydrogen-bond acceptors (Lipinski definition) is 5. The van der Waals surface area contributed by atoms with Crippen LogP contribution in [0.3, 0.4) is 0 Å². The van der Waals surface area contributed by atoms with Crippen LogP contribution < -0.4 is 4.90 Å². The van der Waals surface area contributed by atoms with Crippen molar-refractivity contribution in [1.82, 2.24) is 4.90 Å². The van der Waals surface area contributed by atoms with Gasteiger partial charge in [0.15, 0.2) is 0 Å². The zero-order valence-corrected chi connectivity index (χ0v) is 19.7. The highest BCUT2D eigenvalue weighted by atomic mass is 35.5. The first-order valence-corrected chi connectivity index (χ1v) is 11.8. The van der Waals surface area contributed by atoms with Gasteiger partial charge in [0, 0.05) is 42.5 Å². The molecule has 0 bridgehead atoms. The van der Waals surface area contributed by atoms with E-state index in [1.54, 1.807) is 29.2 Å². The summed E-state index contributed by atoms with van der Waals surface area (Å²) in [6, 6.07) is 13.8. The Morgan fingerprint density at radius 1 is 1.09 bits per heavy atom. The van der Waals surface area contributed by atoms with Crippen molar-refractivity contribution in [2.45, 2.75) is 38.8 Å². The average Bonchev–Trinajstić information content (AvgIpc) is 3.43. The number of Topliss-reactive ketones (excluding diaryl/α,β-unsaturated/α-hetero) is 1. The second kappa shape index (κ2) is 9.98. The van der Waals surface area contributed by atoms with E-state index in [1.165, 1.54) is 0 Å². The first-order valence-electron chi connectivity index (χ1n) is 11.5. The number of ketones is 1. The molecule has 0 radical (unpaired) electrons. The lowest BCUT2D eigenvalue weighted by atomic mass is 9.95. The Bertz CT molecular complexity index is 1040. The molecule has 0 spiro atoms. The average molecular weight is 469 g/mol. The normalized spacial score (nSPS) is 22.2. The summed E-state index contributed by atoms with van der Waals surface area (Å²) < 4.78 is 5.75. The summed E-state index contributed by atoms with van der Waals surface area (Å²) in [6.07, 6.45) is 1.66. The van der Waals surface area contributed by atoms with E-state index in [2.05, 4.69) is 18.7 Å². The highest BCUT2D eigenvalue weighted by Crippen LogP contribution is 2.40. The molecule has 2 aliphatic rings. The highest BCUT2D eigenvalue weighted by molar-refractivity contribution is 6.46. The fourth-order valence-corrected chi connectivity index (χ4v) is 4.77. The van der Waals surface area contributed by atoms with E-state index in [0.29, 0.717) is 23.7 Å². The van der Waals surface area contributed by atoms with Gasteiger partial charge >= 0.3 is 0 Å². The molecule has 2 heterocycles. The van der Waals surface area contributed by atoms with Gasteiger partial charge in [-0.05, 0) is 68.7 Å². The van der Waals surface area contributed by atoms with Crippen molar-refractivity contribution in [3.63, 3.8) is 0 Å². The number of aliphatic hydroxyl groups is 1. The van der Waals surface area contributed by atoms with Crippen LogP contribution in [0, 0.1) is 0 Å². The maximum Gasteiger partial charge on any atom is 0.295 e. The van der Waals surface area contributed by atoms with Crippen molar-refractivity contribution in [3.8, 4) is 0 Å². The Labute approximate surface area is 199 Å². The van der Waals surface area contributed by atoms with Crippen molar-refractivity contribution in [2.75, 3.05) is 31.1 Å². The smallest absolute Gasteiger partial charge is 0.295 e. The van der Waals surface area contributed by atoms with Gasteiger partial charge in [0.2, 0.25) is 0 Å². The Hall–Kier alpha value is -2.83. The molecule has 7 heteroatoms. The van der Waals surface area contributed by atoms with Crippen LogP contribution in [-0.4, -0.2) is 54.0 Å². The number of ether oxygens (including phenoxy) is 1. The molecule has 2 aliphatic heterocycles. The summed E-state index contributed by atoms with van der Waals surface area (Å²) in [5.41, 5.74) is 2.38. The van der Waals surface area contributed by atoms with Crippen LogP contribution in [-0.2, 0) is 14.3 Å². The molecule has 174 valence electrons. The van der Waals surface area contributed by atoms with Gasteiger partial charge in [-0.15, -0.1) is 0 Å². The third-order valence-electron chi connectivity index (χ3n) is 6.42. The lowest BCUT2D eigenvalue weighted by molar-refractivity contribution is -0.140. The molecule has 2 fully saturated rings. The number of likely N-dealkylation sites (tertiary alicyclic amines) is 1. The maximum absolute atomic E-state index is 13.1. The fraction of sp³-hybridized carbons (Fsp3) is 0.385. The van der Waals surface area contributed by atoms with E-state index in [1.807, 2.05) is 24.3 Å². The highest BCUT2D eigenvalue weighted by Gasteiger charge is 2.47. The van der Waals surface area contributed by atoms with Gasteiger partial charge in [0.1, 0.15) is 5.76 Å². The zero-order valence-electron chi connectivity index (χ0n) is 19.0. The number of halogens is 1. The molecular formula is C26H29ClN2O4. The predicted molar refractivity (Wildman–Crippen MR) is 129 cm³/mol. The standard InChI is InChI=1S/C26H29ClN2O4/c1-3-28(4-2)20-13-9-17(10-14-20)23-22(24(30)18-7-11-19(27)12-8-18)25(31)26(32)29(23)16-21-6-5-15-33-21/h7-14,21,23,30H,3-6,15-16H2,1-2H3/b24-22-. The lowest BCUT2D eigenvalue weighted by Crippen LogP contribution is -2.36. The third-order valence-corrected chi connectivity index (χ3v) is 6.67. The molecule has 2 unspecified atom stereocenters. The van der Waals surface area contributed by atoms with Crippen LogP contribution in [0.15, 0.2) is 54.1 Å². The van der Waals surface area contributed by atoms with E-state index in [9.17, 15) is 14.7 Å². The quantitative estimate of drug-likeness (QED) is 0.359. The maximum atomic E-state index is 13.1. The van der Waals surface area contributed by atoms with Gasteiger partial charge in [-0.2, -0.15) is 0 Å². The summed E-state index contributed by atoms with van der Waals surface area (Å²) in [5.74, 6) is -1.49. The summed E-state index contributed by atoms with van der Waals surface area (Å²) in [6.45, 7) is 6.92. The first kappa shape index (κ1) is 23.3. The van der Waals surface area contributed by atoms with E-state index in [0.717, 1.165) is 37.2 Å². The van der Waals surface area contributed by atoms with Gasteiger partial charge in [-0.25, -0.2) is 0 Å². The molecular weight excluding hydrogens is 440 g/mol. The number of benzene rings is 2. The summed E-state index contributed by atoms with van der Waals surface area (Å²) >= 11 is 5.99. The summed E-state index contributed by atoms with van der Waals surface area (Å²) in [7, 11) is 0. The van der Waals surface area contributed by atoms with Gasteiger partial charge < -0.3 is 19.6 Å². The first-order chi connectivity index (χ1) is 15.9. The molecule has 33 heavy (non-hydrogen) atoms. The molecule has 1 N–H and O–H groups in total. The Balaban J connectivity index is 1.78. The van der Waals surface area contributed by atoms with E-state index < -0.39 is 17.7 Å². The van der Waals surface area contributed by atoms with Crippen LogP contribution >= 0.6 is 11.6 Å². The molecule has 2 aromatic carbocycles. The number of aliphatic hydroxyl groups excluding tert-OH is 1. The second-order valence-corrected chi connectivity index (χ2v) is 8.79. The second-order valence-electron chi connectivity index (χ2n) is 8.36. The van der Waals surface area contributed by atoms with E-state index in [4.69, 9.17) is 16.3 Å². The number of nitrogens with zero attached hydrogens (tertiary/aromatic N) is 2. The molecule has 4 rings (SSSR count). The Kier molecular flexibility index (Phi) is 7.05. The van der Waals surface area contributed by atoms with Gasteiger partial charge in [-0.3, -0.25) is 9.59 Å². The minimum Gasteiger partial charge on any atom is -0.507 e. The monoisotopic (exact) mass is 468 g/mol. The number of anilines is 1. The van der Waals surface area contributed by atoms with Crippen molar-refractivity contribution in [1.29, 1.82) is 0 Å². The molecule has 2 aromatic rings. The molecule has 0 saturated carbocycles. The van der Waals surface area contributed by atoms with E-state index in [-0.39, 0.29) is 17.4 Å². The predicted octanol–water partition coefficient (Wildman–Crippen LogP) is 4.79. The van der Waals surface area contributed by atoms with Crippen LogP contribution in [0.1, 0.15) is 43.9 Å². The molecule has 1 amide bonds. The van der Waals surface area contributed by atoms with Crippen molar-refractivity contribution < 1.29 is 19.4 Å².